The number of carbonyl (C=O) groups is 1. The summed E-state index contributed by atoms with van der Waals surface area (Å²) in [6.45, 7) is 1.12. The maximum atomic E-state index is 13.7. The Morgan fingerprint density at radius 2 is 1.78 bits per heavy atom. The number of anilines is 1. The van der Waals surface area contributed by atoms with Gasteiger partial charge in [-0.25, -0.2) is 26.4 Å². The van der Waals surface area contributed by atoms with Gasteiger partial charge < -0.3 is 5.11 Å². The van der Waals surface area contributed by atoms with Crippen molar-refractivity contribution in [2.24, 2.45) is 0 Å². The van der Waals surface area contributed by atoms with E-state index >= 15 is 0 Å². The molecule has 0 aliphatic heterocycles. The van der Waals surface area contributed by atoms with Crippen LogP contribution in [0.4, 0.5) is 18.9 Å². The van der Waals surface area contributed by atoms with Gasteiger partial charge >= 0.3 is 5.97 Å². The van der Waals surface area contributed by atoms with Crippen molar-refractivity contribution in [3.63, 3.8) is 0 Å². The fourth-order valence-electron chi connectivity index (χ4n) is 1.84. The number of aromatic carboxylic acids is 1. The monoisotopic (exact) mass is 345 g/mol. The summed E-state index contributed by atoms with van der Waals surface area (Å²) in [5, 5.41) is 8.87. The molecule has 0 aliphatic carbocycles. The molecule has 0 unspecified atom stereocenters. The van der Waals surface area contributed by atoms with E-state index in [9.17, 15) is 26.4 Å². The van der Waals surface area contributed by atoms with E-state index in [1.807, 2.05) is 0 Å². The predicted octanol–water partition coefficient (Wildman–Crippen LogP) is 2.91. The van der Waals surface area contributed by atoms with E-state index in [0.717, 1.165) is 31.2 Å². The minimum Gasteiger partial charge on any atom is -0.478 e. The van der Waals surface area contributed by atoms with Crippen molar-refractivity contribution in [1.82, 2.24) is 0 Å². The lowest BCUT2D eigenvalue weighted by Crippen LogP contribution is -2.17. The molecular weight excluding hydrogens is 335 g/mol. The summed E-state index contributed by atoms with van der Waals surface area (Å²) in [6.07, 6.45) is 0. The van der Waals surface area contributed by atoms with Crippen LogP contribution in [0.15, 0.2) is 35.2 Å². The third kappa shape index (κ3) is 3.29. The second-order valence-electron chi connectivity index (χ2n) is 4.59. The highest BCUT2D eigenvalue weighted by Crippen LogP contribution is 2.25. The van der Waals surface area contributed by atoms with Gasteiger partial charge in [-0.05, 0) is 31.2 Å². The smallest absolute Gasteiger partial charge is 0.335 e. The first-order valence-electron chi connectivity index (χ1n) is 6.13. The Kier molecular flexibility index (Phi) is 4.33. The van der Waals surface area contributed by atoms with Crippen LogP contribution >= 0.6 is 0 Å². The van der Waals surface area contributed by atoms with Crippen molar-refractivity contribution < 1.29 is 31.5 Å². The first kappa shape index (κ1) is 16.8. The minimum absolute atomic E-state index is 0.348. The zero-order valence-corrected chi connectivity index (χ0v) is 12.4. The number of hydrogen-bond acceptors (Lipinski definition) is 3. The zero-order chi connectivity index (χ0) is 17.4. The Hall–Kier alpha value is -2.55. The van der Waals surface area contributed by atoms with Crippen LogP contribution in [-0.2, 0) is 10.0 Å². The molecule has 0 fully saturated rings. The Morgan fingerprint density at radius 3 is 2.39 bits per heavy atom. The summed E-state index contributed by atoms with van der Waals surface area (Å²) in [6, 6.07) is 4.25. The molecule has 0 radical (unpaired) electrons. The van der Waals surface area contributed by atoms with Gasteiger partial charge in [0.15, 0.2) is 11.6 Å². The first-order chi connectivity index (χ1) is 10.6. The van der Waals surface area contributed by atoms with Crippen molar-refractivity contribution in [3.8, 4) is 0 Å². The van der Waals surface area contributed by atoms with E-state index < -0.39 is 49.6 Å². The maximum Gasteiger partial charge on any atom is 0.335 e. The van der Waals surface area contributed by atoms with Crippen LogP contribution in [-0.4, -0.2) is 19.5 Å². The van der Waals surface area contributed by atoms with Gasteiger partial charge in [0, 0.05) is 5.56 Å². The molecule has 122 valence electrons. The van der Waals surface area contributed by atoms with Crippen LogP contribution in [0, 0.1) is 24.4 Å². The fourth-order valence-corrected chi connectivity index (χ4v) is 3.18. The molecule has 9 heteroatoms. The summed E-state index contributed by atoms with van der Waals surface area (Å²) in [4.78, 5) is 10.2. The van der Waals surface area contributed by atoms with Gasteiger partial charge in [0.1, 0.15) is 5.82 Å². The van der Waals surface area contributed by atoms with E-state index in [2.05, 4.69) is 0 Å². The third-order valence-corrected chi connectivity index (χ3v) is 4.52. The van der Waals surface area contributed by atoms with Crippen molar-refractivity contribution in [2.45, 2.75) is 11.8 Å². The van der Waals surface area contributed by atoms with Crippen molar-refractivity contribution in [1.29, 1.82) is 0 Å². The molecule has 0 amide bonds. The number of hydrogen-bond donors (Lipinski definition) is 2. The Morgan fingerprint density at radius 1 is 1.13 bits per heavy atom. The Bertz CT molecular complexity index is 897. The standard InChI is InChI=1S/C14H10F3NO4S/c1-7-10(16)5-8(14(19)20)6-12(7)23(21,22)18-11-4-2-3-9(15)13(11)17/h2-6,18H,1H3,(H,19,20). The molecule has 0 heterocycles. The molecule has 0 atom stereocenters. The SMILES string of the molecule is Cc1c(F)cc(C(=O)O)cc1S(=O)(=O)Nc1cccc(F)c1F. The lowest BCUT2D eigenvalue weighted by Gasteiger charge is -2.12. The number of rotatable bonds is 4. The van der Waals surface area contributed by atoms with Crippen LogP contribution in [0.2, 0.25) is 0 Å². The molecule has 2 N–H and O–H groups in total. The van der Waals surface area contributed by atoms with Gasteiger partial charge in [0.05, 0.1) is 16.1 Å². The summed E-state index contributed by atoms with van der Waals surface area (Å²) >= 11 is 0. The topological polar surface area (TPSA) is 83.5 Å². The average molecular weight is 345 g/mol. The summed E-state index contributed by atoms with van der Waals surface area (Å²) in [5.74, 6) is -5.28. The summed E-state index contributed by atoms with van der Waals surface area (Å²) in [5.41, 5.74) is -1.61. The van der Waals surface area contributed by atoms with Gasteiger partial charge in [-0.3, -0.25) is 4.72 Å². The second kappa shape index (κ2) is 5.92. The molecule has 2 rings (SSSR count). The molecule has 0 bridgehead atoms. The van der Waals surface area contributed by atoms with Crippen LogP contribution in [0.1, 0.15) is 15.9 Å². The zero-order valence-electron chi connectivity index (χ0n) is 11.6. The van der Waals surface area contributed by atoms with Crippen molar-refractivity contribution >= 4 is 21.7 Å². The van der Waals surface area contributed by atoms with Gasteiger partial charge in [-0.2, -0.15) is 0 Å². The number of halogens is 3. The quantitative estimate of drug-likeness (QED) is 0.892. The summed E-state index contributed by atoms with van der Waals surface area (Å²) < 4.78 is 66.7. The van der Waals surface area contributed by atoms with Gasteiger partial charge in [-0.15, -0.1) is 0 Å². The molecule has 2 aromatic carbocycles. The van der Waals surface area contributed by atoms with E-state index in [4.69, 9.17) is 5.11 Å². The lowest BCUT2D eigenvalue weighted by atomic mass is 10.1. The number of sulfonamides is 1. The molecule has 0 saturated heterocycles. The minimum atomic E-state index is -4.52. The molecular formula is C14H10F3NO4S. The van der Waals surface area contributed by atoms with Crippen LogP contribution in [0.25, 0.3) is 0 Å². The largest absolute Gasteiger partial charge is 0.478 e. The summed E-state index contributed by atoms with van der Waals surface area (Å²) in [7, 11) is -4.52. The van der Waals surface area contributed by atoms with Crippen molar-refractivity contribution in [2.75, 3.05) is 4.72 Å². The van der Waals surface area contributed by atoms with Crippen LogP contribution < -0.4 is 4.72 Å². The molecule has 23 heavy (non-hydrogen) atoms. The third-order valence-electron chi connectivity index (χ3n) is 3.03. The Labute approximate surface area is 129 Å². The number of carboxylic acids is 1. The highest BCUT2D eigenvalue weighted by Gasteiger charge is 2.23. The molecule has 0 aliphatic rings. The van der Waals surface area contributed by atoms with E-state index in [1.165, 1.54) is 0 Å². The number of nitrogens with one attached hydrogen (secondary N) is 1. The van der Waals surface area contributed by atoms with Crippen LogP contribution in [0.3, 0.4) is 0 Å². The molecule has 0 saturated carbocycles. The fraction of sp³-hybridized carbons (Fsp3) is 0.0714. The lowest BCUT2D eigenvalue weighted by molar-refractivity contribution is 0.0696. The Balaban J connectivity index is 2.56. The highest BCUT2D eigenvalue weighted by molar-refractivity contribution is 7.92. The normalized spacial score (nSPS) is 11.3. The van der Waals surface area contributed by atoms with E-state index in [-0.39, 0.29) is 5.56 Å². The highest BCUT2D eigenvalue weighted by atomic mass is 32.2. The van der Waals surface area contributed by atoms with E-state index in [0.29, 0.717) is 6.07 Å². The number of benzene rings is 2. The molecule has 2 aromatic rings. The van der Waals surface area contributed by atoms with Crippen molar-refractivity contribution in [3.05, 3.63) is 58.9 Å². The van der Waals surface area contributed by atoms with Gasteiger partial charge in [0.25, 0.3) is 10.0 Å². The maximum absolute atomic E-state index is 13.7. The van der Waals surface area contributed by atoms with E-state index in [1.54, 1.807) is 4.72 Å². The molecule has 0 spiro atoms. The molecule has 0 aromatic heterocycles. The van der Waals surface area contributed by atoms with Crippen LogP contribution in [0.5, 0.6) is 0 Å². The number of carboxylic acid groups (broad SMARTS) is 1. The first-order valence-corrected chi connectivity index (χ1v) is 7.62. The van der Waals surface area contributed by atoms with Gasteiger partial charge in [-0.1, -0.05) is 6.07 Å². The second-order valence-corrected chi connectivity index (χ2v) is 6.24. The van der Waals surface area contributed by atoms with Gasteiger partial charge in [0.2, 0.25) is 0 Å². The average Bonchev–Trinajstić information content (AvgIpc) is 2.46. The molecule has 5 nitrogen and oxygen atoms in total. The predicted molar refractivity (Wildman–Crippen MR) is 75.3 cm³/mol.